The van der Waals surface area contributed by atoms with E-state index in [2.05, 4.69) is 24.1 Å². The molecule has 7 heteroatoms. The number of non-ortho nitro benzene ring substituents is 1. The van der Waals surface area contributed by atoms with Crippen LogP contribution in [0.2, 0.25) is 0 Å². The van der Waals surface area contributed by atoms with Gasteiger partial charge in [0.15, 0.2) is 0 Å². The number of nitrogens with two attached hydrogens (primary N) is 1. The zero-order valence-electron chi connectivity index (χ0n) is 13.6. The molecule has 1 amide bonds. The molecule has 7 nitrogen and oxygen atoms in total. The van der Waals surface area contributed by atoms with Crippen molar-refractivity contribution >= 4 is 17.3 Å². The normalized spacial score (nSPS) is 20.9. The number of nitro groups is 1. The van der Waals surface area contributed by atoms with Crippen molar-refractivity contribution in [1.82, 2.24) is 4.90 Å². The molecule has 1 atom stereocenters. The number of nitrogens with zero attached hydrogens (tertiary/aromatic N) is 2. The van der Waals surface area contributed by atoms with E-state index >= 15 is 0 Å². The van der Waals surface area contributed by atoms with Crippen LogP contribution in [0.1, 0.15) is 26.7 Å². The molecule has 1 saturated heterocycles. The third-order valence-corrected chi connectivity index (χ3v) is 4.41. The van der Waals surface area contributed by atoms with Gasteiger partial charge in [-0.2, -0.15) is 0 Å². The molecule has 0 radical (unpaired) electrons. The summed E-state index contributed by atoms with van der Waals surface area (Å²) in [6.45, 7) is 6.80. The molecule has 0 bridgehead atoms. The van der Waals surface area contributed by atoms with Crippen molar-refractivity contribution < 1.29 is 9.72 Å². The summed E-state index contributed by atoms with van der Waals surface area (Å²) in [7, 11) is 0. The molecule has 0 saturated carbocycles. The summed E-state index contributed by atoms with van der Waals surface area (Å²) < 4.78 is 0. The van der Waals surface area contributed by atoms with Gasteiger partial charge in [-0.15, -0.1) is 0 Å². The lowest BCUT2D eigenvalue weighted by Crippen LogP contribution is -2.52. The Morgan fingerprint density at radius 2 is 2.09 bits per heavy atom. The predicted molar refractivity (Wildman–Crippen MR) is 89.2 cm³/mol. The number of benzene rings is 1. The van der Waals surface area contributed by atoms with Crippen molar-refractivity contribution in [3.8, 4) is 0 Å². The number of nitrogens with one attached hydrogen (secondary N) is 1. The number of piperidine rings is 1. The molecule has 0 spiro atoms. The average molecular weight is 320 g/mol. The Hall–Kier alpha value is -1.99. The first-order valence-corrected chi connectivity index (χ1v) is 7.80. The zero-order valence-corrected chi connectivity index (χ0v) is 13.6. The van der Waals surface area contributed by atoms with Crippen molar-refractivity contribution in [3.05, 3.63) is 34.4 Å². The van der Waals surface area contributed by atoms with E-state index in [-0.39, 0.29) is 23.1 Å². The fourth-order valence-corrected chi connectivity index (χ4v) is 2.83. The van der Waals surface area contributed by atoms with Gasteiger partial charge in [0, 0.05) is 43.4 Å². The molecular formula is C16H24N4O3. The van der Waals surface area contributed by atoms with Gasteiger partial charge in [0.2, 0.25) is 5.91 Å². The number of amides is 1. The van der Waals surface area contributed by atoms with Crippen molar-refractivity contribution in [3.63, 3.8) is 0 Å². The minimum absolute atomic E-state index is 0.00915. The first-order valence-electron chi connectivity index (χ1n) is 7.80. The first kappa shape index (κ1) is 17.4. The molecule has 23 heavy (non-hydrogen) atoms. The number of rotatable bonds is 5. The van der Waals surface area contributed by atoms with Crippen LogP contribution in [0.25, 0.3) is 0 Å². The quantitative estimate of drug-likeness (QED) is 0.638. The van der Waals surface area contributed by atoms with E-state index in [9.17, 15) is 14.9 Å². The highest BCUT2D eigenvalue weighted by Gasteiger charge is 2.33. The Morgan fingerprint density at radius 1 is 1.43 bits per heavy atom. The molecule has 2 rings (SSSR count). The average Bonchev–Trinajstić information content (AvgIpc) is 2.49. The van der Waals surface area contributed by atoms with E-state index in [1.54, 1.807) is 12.1 Å². The van der Waals surface area contributed by atoms with Crippen LogP contribution in [-0.4, -0.2) is 41.4 Å². The predicted octanol–water partition coefficient (Wildman–Crippen LogP) is 1.98. The van der Waals surface area contributed by atoms with E-state index in [0.717, 1.165) is 19.5 Å². The van der Waals surface area contributed by atoms with E-state index in [4.69, 9.17) is 5.73 Å². The van der Waals surface area contributed by atoms with Gasteiger partial charge in [0.05, 0.1) is 4.92 Å². The summed E-state index contributed by atoms with van der Waals surface area (Å²) in [5.41, 5.74) is 6.76. The van der Waals surface area contributed by atoms with Gasteiger partial charge in [-0.3, -0.25) is 14.9 Å². The molecular weight excluding hydrogens is 296 g/mol. The maximum absolute atomic E-state index is 12.0. The molecule has 3 N–H and O–H groups in total. The standard InChI is InChI=1S/C16H24N4O3/c1-16(2)11-19(9-7-14(16)17)10-8-15(21)18-12-3-5-13(6-4-12)20(22)23/h3-6,14H,7-11,17H2,1-2H3,(H,18,21). The van der Waals surface area contributed by atoms with E-state index < -0.39 is 4.92 Å². The molecule has 1 fully saturated rings. The molecule has 1 heterocycles. The number of carbonyl (C=O) groups is 1. The number of hydrogen-bond donors (Lipinski definition) is 2. The van der Waals surface area contributed by atoms with Crippen LogP contribution >= 0.6 is 0 Å². The Morgan fingerprint density at radius 3 is 2.65 bits per heavy atom. The molecule has 126 valence electrons. The topological polar surface area (TPSA) is 102 Å². The Bertz CT molecular complexity index is 571. The number of likely N-dealkylation sites (tertiary alicyclic amines) is 1. The second-order valence-electron chi connectivity index (χ2n) is 6.76. The summed E-state index contributed by atoms with van der Waals surface area (Å²) in [4.78, 5) is 24.4. The van der Waals surface area contributed by atoms with Gasteiger partial charge in [-0.25, -0.2) is 0 Å². The van der Waals surface area contributed by atoms with Gasteiger partial charge >= 0.3 is 0 Å². The highest BCUT2D eigenvalue weighted by atomic mass is 16.6. The molecule has 1 aromatic rings. The van der Waals surface area contributed by atoms with E-state index in [0.29, 0.717) is 18.7 Å². The maximum atomic E-state index is 12.0. The Kier molecular flexibility index (Phi) is 5.33. The monoisotopic (exact) mass is 320 g/mol. The second kappa shape index (κ2) is 7.06. The van der Waals surface area contributed by atoms with Crippen LogP contribution in [0.3, 0.4) is 0 Å². The van der Waals surface area contributed by atoms with Crippen molar-refractivity contribution in [2.75, 3.05) is 25.0 Å². The number of carbonyl (C=O) groups excluding carboxylic acids is 1. The maximum Gasteiger partial charge on any atom is 0.269 e. The molecule has 1 unspecified atom stereocenters. The van der Waals surface area contributed by atoms with Gasteiger partial charge in [-0.05, 0) is 30.5 Å². The Labute approximate surface area is 136 Å². The highest BCUT2D eigenvalue weighted by molar-refractivity contribution is 5.90. The van der Waals surface area contributed by atoms with Gasteiger partial charge in [0.25, 0.3) is 5.69 Å². The summed E-state index contributed by atoms with van der Waals surface area (Å²) in [5.74, 6) is -0.0912. The summed E-state index contributed by atoms with van der Waals surface area (Å²) in [6.07, 6.45) is 1.33. The first-order chi connectivity index (χ1) is 10.8. The van der Waals surface area contributed by atoms with Crippen LogP contribution in [-0.2, 0) is 4.79 Å². The third-order valence-electron chi connectivity index (χ3n) is 4.41. The van der Waals surface area contributed by atoms with E-state index in [1.807, 2.05) is 0 Å². The van der Waals surface area contributed by atoms with Crippen LogP contribution in [0.15, 0.2) is 24.3 Å². The minimum Gasteiger partial charge on any atom is -0.327 e. The van der Waals surface area contributed by atoms with Crippen LogP contribution in [0.5, 0.6) is 0 Å². The summed E-state index contributed by atoms with van der Waals surface area (Å²) in [5, 5.41) is 13.4. The lowest BCUT2D eigenvalue weighted by Gasteiger charge is -2.42. The number of nitro benzene ring substituents is 1. The number of anilines is 1. The van der Waals surface area contributed by atoms with Crippen LogP contribution in [0, 0.1) is 15.5 Å². The summed E-state index contributed by atoms with van der Waals surface area (Å²) >= 11 is 0. The highest BCUT2D eigenvalue weighted by Crippen LogP contribution is 2.27. The molecule has 1 aromatic carbocycles. The fourth-order valence-electron chi connectivity index (χ4n) is 2.83. The lowest BCUT2D eigenvalue weighted by molar-refractivity contribution is -0.384. The van der Waals surface area contributed by atoms with Crippen molar-refractivity contribution in [1.29, 1.82) is 0 Å². The zero-order chi connectivity index (χ0) is 17.0. The molecule has 0 aromatic heterocycles. The third kappa shape index (κ3) is 4.74. The molecule has 1 aliphatic rings. The molecule has 1 aliphatic heterocycles. The second-order valence-corrected chi connectivity index (χ2v) is 6.76. The summed E-state index contributed by atoms with van der Waals surface area (Å²) in [6, 6.07) is 6.04. The van der Waals surface area contributed by atoms with Gasteiger partial charge in [0.1, 0.15) is 0 Å². The van der Waals surface area contributed by atoms with Crippen LogP contribution in [0.4, 0.5) is 11.4 Å². The fraction of sp³-hybridized carbons (Fsp3) is 0.562. The van der Waals surface area contributed by atoms with E-state index in [1.165, 1.54) is 12.1 Å². The van der Waals surface area contributed by atoms with Crippen LogP contribution < -0.4 is 11.1 Å². The smallest absolute Gasteiger partial charge is 0.269 e. The minimum atomic E-state index is -0.464. The molecule has 0 aliphatic carbocycles. The van der Waals surface area contributed by atoms with Gasteiger partial charge < -0.3 is 16.0 Å². The SMILES string of the molecule is CC1(C)CN(CCC(=O)Nc2ccc([N+](=O)[O-])cc2)CCC1N. The largest absolute Gasteiger partial charge is 0.327 e. The number of hydrogen-bond acceptors (Lipinski definition) is 5. The Balaban J connectivity index is 1.80. The van der Waals surface area contributed by atoms with Crippen molar-refractivity contribution in [2.45, 2.75) is 32.7 Å². The lowest BCUT2D eigenvalue weighted by atomic mass is 9.80. The van der Waals surface area contributed by atoms with Crippen molar-refractivity contribution in [2.24, 2.45) is 11.1 Å². The van der Waals surface area contributed by atoms with Gasteiger partial charge in [-0.1, -0.05) is 13.8 Å².